The number of imide groups is 1. The Hall–Kier alpha value is -3.16. The lowest BCUT2D eigenvalue weighted by Crippen LogP contribution is -2.37. The van der Waals surface area contributed by atoms with E-state index in [9.17, 15) is 14.4 Å². The van der Waals surface area contributed by atoms with Gasteiger partial charge in [-0.3, -0.25) is 10.1 Å². The molecule has 1 heterocycles. The third-order valence-electron chi connectivity index (χ3n) is 3.59. The van der Waals surface area contributed by atoms with Crippen molar-refractivity contribution in [2.45, 2.75) is 27.7 Å². The first-order valence-electron chi connectivity index (χ1n) is 7.56. The average Bonchev–Trinajstić information content (AvgIpc) is 2.87. The molecule has 0 unspecified atom stereocenters. The van der Waals surface area contributed by atoms with Crippen molar-refractivity contribution in [2.24, 2.45) is 0 Å². The minimum atomic E-state index is -0.749. The molecule has 0 atom stereocenters. The molecule has 25 heavy (non-hydrogen) atoms. The molecule has 0 saturated heterocycles. The lowest BCUT2D eigenvalue weighted by Gasteiger charge is -2.09. The fourth-order valence-corrected chi connectivity index (χ4v) is 2.12. The maximum atomic E-state index is 11.9. The second-order valence-electron chi connectivity index (χ2n) is 5.58. The molecule has 0 bridgehead atoms. The molecule has 8 nitrogen and oxygen atoms in total. The maximum absolute atomic E-state index is 11.9. The van der Waals surface area contributed by atoms with Crippen LogP contribution in [0.25, 0.3) is 0 Å². The van der Waals surface area contributed by atoms with Crippen LogP contribution in [0.15, 0.2) is 22.7 Å². The summed E-state index contributed by atoms with van der Waals surface area (Å²) in [5.74, 6) is -1.18. The topological polar surface area (TPSA) is 111 Å². The molecule has 0 spiro atoms. The van der Waals surface area contributed by atoms with E-state index in [1.165, 1.54) is 0 Å². The number of aromatic nitrogens is 1. The van der Waals surface area contributed by atoms with Crippen molar-refractivity contribution in [1.29, 1.82) is 0 Å². The van der Waals surface area contributed by atoms with Crippen molar-refractivity contribution in [3.05, 3.63) is 46.3 Å². The number of benzene rings is 1. The summed E-state index contributed by atoms with van der Waals surface area (Å²) in [5, 5.41) is 8.26. The number of urea groups is 1. The van der Waals surface area contributed by atoms with E-state index < -0.39 is 24.5 Å². The highest BCUT2D eigenvalue weighted by atomic mass is 16.5. The molecule has 0 aliphatic carbocycles. The maximum Gasteiger partial charge on any atom is 0.344 e. The highest BCUT2D eigenvalue weighted by Crippen LogP contribution is 2.14. The highest BCUT2D eigenvalue weighted by Gasteiger charge is 2.20. The predicted molar refractivity (Wildman–Crippen MR) is 89.3 cm³/mol. The predicted octanol–water partition coefficient (Wildman–Crippen LogP) is 2.41. The molecule has 0 radical (unpaired) electrons. The van der Waals surface area contributed by atoms with Crippen LogP contribution in [0.2, 0.25) is 0 Å². The van der Waals surface area contributed by atoms with Crippen LogP contribution in [-0.4, -0.2) is 29.7 Å². The van der Waals surface area contributed by atoms with E-state index in [2.05, 4.69) is 15.8 Å². The Kier molecular flexibility index (Phi) is 5.53. The standard InChI is InChI=1S/C17H19N3O5/c1-9-5-6-13(7-10(9)2)18-17(23)19-14(21)8-24-16(22)15-11(3)20-25-12(15)4/h5-7H,8H2,1-4H3,(H2,18,19,21,23). The summed E-state index contributed by atoms with van der Waals surface area (Å²) >= 11 is 0. The number of hydrogen-bond donors (Lipinski definition) is 2. The summed E-state index contributed by atoms with van der Waals surface area (Å²) in [7, 11) is 0. The van der Waals surface area contributed by atoms with Gasteiger partial charge in [0.2, 0.25) is 0 Å². The largest absolute Gasteiger partial charge is 0.452 e. The van der Waals surface area contributed by atoms with Crippen molar-refractivity contribution in [2.75, 3.05) is 11.9 Å². The number of nitrogens with one attached hydrogen (secondary N) is 2. The van der Waals surface area contributed by atoms with Crippen LogP contribution < -0.4 is 10.6 Å². The normalized spacial score (nSPS) is 10.2. The number of hydrogen-bond acceptors (Lipinski definition) is 6. The summed E-state index contributed by atoms with van der Waals surface area (Å²) in [6.07, 6.45) is 0. The second kappa shape index (κ2) is 7.61. The first kappa shape index (κ1) is 18.2. The van der Waals surface area contributed by atoms with Gasteiger partial charge in [-0.05, 0) is 51.0 Å². The van der Waals surface area contributed by atoms with Gasteiger partial charge in [-0.25, -0.2) is 9.59 Å². The fourth-order valence-electron chi connectivity index (χ4n) is 2.12. The molecule has 1 aromatic heterocycles. The number of ether oxygens (including phenoxy) is 1. The fraction of sp³-hybridized carbons (Fsp3) is 0.294. The number of carbonyl (C=O) groups is 3. The lowest BCUT2D eigenvalue weighted by atomic mass is 10.1. The Balaban J connectivity index is 1.84. The van der Waals surface area contributed by atoms with E-state index in [0.717, 1.165) is 11.1 Å². The van der Waals surface area contributed by atoms with Crippen molar-refractivity contribution < 1.29 is 23.6 Å². The zero-order chi connectivity index (χ0) is 18.6. The first-order valence-corrected chi connectivity index (χ1v) is 7.56. The Bertz CT molecular complexity index is 806. The summed E-state index contributed by atoms with van der Waals surface area (Å²) in [4.78, 5) is 35.4. The lowest BCUT2D eigenvalue weighted by molar-refractivity contribution is -0.123. The van der Waals surface area contributed by atoms with Crippen LogP contribution in [0.5, 0.6) is 0 Å². The molecule has 1 aromatic carbocycles. The van der Waals surface area contributed by atoms with Gasteiger partial charge >= 0.3 is 12.0 Å². The van der Waals surface area contributed by atoms with E-state index in [-0.39, 0.29) is 5.56 Å². The number of nitrogens with zero attached hydrogens (tertiary/aromatic N) is 1. The van der Waals surface area contributed by atoms with E-state index in [1.807, 2.05) is 19.9 Å². The number of rotatable bonds is 4. The number of aryl methyl sites for hydroxylation is 4. The zero-order valence-corrected chi connectivity index (χ0v) is 14.4. The van der Waals surface area contributed by atoms with Crippen molar-refractivity contribution >= 4 is 23.6 Å². The highest BCUT2D eigenvalue weighted by molar-refractivity contribution is 6.02. The average molecular weight is 345 g/mol. The van der Waals surface area contributed by atoms with Crippen LogP contribution in [-0.2, 0) is 9.53 Å². The molecule has 2 N–H and O–H groups in total. The van der Waals surface area contributed by atoms with Crippen LogP contribution in [0.3, 0.4) is 0 Å². The van der Waals surface area contributed by atoms with Crippen LogP contribution >= 0.6 is 0 Å². The molecule has 0 aliphatic rings. The Morgan fingerprint density at radius 3 is 2.44 bits per heavy atom. The zero-order valence-electron chi connectivity index (χ0n) is 14.4. The van der Waals surface area contributed by atoms with Crippen molar-refractivity contribution in [3.8, 4) is 0 Å². The molecule has 0 aliphatic heterocycles. The Morgan fingerprint density at radius 2 is 1.84 bits per heavy atom. The third-order valence-corrected chi connectivity index (χ3v) is 3.59. The van der Waals surface area contributed by atoms with Gasteiger partial charge in [-0.2, -0.15) is 0 Å². The second-order valence-corrected chi connectivity index (χ2v) is 5.58. The molecule has 0 saturated carbocycles. The Labute approximate surface area is 144 Å². The summed E-state index contributed by atoms with van der Waals surface area (Å²) in [6.45, 7) is 6.43. The van der Waals surface area contributed by atoms with Gasteiger partial charge in [0, 0.05) is 5.69 Å². The van der Waals surface area contributed by atoms with Gasteiger partial charge in [-0.15, -0.1) is 0 Å². The van der Waals surface area contributed by atoms with Gasteiger partial charge in [0.05, 0.1) is 5.69 Å². The first-order chi connectivity index (χ1) is 11.8. The van der Waals surface area contributed by atoms with Gasteiger partial charge in [0.1, 0.15) is 11.3 Å². The van der Waals surface area contributed by atoms with Crippen LogP contribution in [0.1, 0.15) is 32.9 Å². The minimum Gasteiger partial charge on any atom is -0.452 e. The monoisotopic (exact) mass is 345 g/mol. The molecule has 132 valence electrons. The molecular weight excluding hydrogens is 326 g/mol. The van der Waals surface area contributed by atoms with E-state index >= 15 is 0 Å². The van der Waals surface area contributed by atoms with E-state index in [1.54, 1.807) is 26.0 Å². The summed E-state index contributed by atoms with van der Waals surface area (Å²) < 4.78 is 9.72. The van der Waals surface area contributed by atoms with Gasteiger partial charge in [-0.1, -0.05) is 11.2 Å². The number of carbonyl (C=O) groups excluding carboxylic acids is 3. The third kappa shape index (κ3) is 4.66. The van der Waals surface area contributed by atoms with Gasteiger partial charge < -0.3 is 14.6 Å². The van der Waals surface area contributed by atoms with Gasteiger partial charge in [0.25, 0.3) is 5.91 Å². The SMILES string of the molecule is Cc1ccc(NC(=O)NC(=O)COC(=O)c2c(C)noc2C)cc1C. The number of esters is 1. The molecular formula is C17H19N3O5. The van der Waals surface area contributed by atoms with Crippen LogP contribution in [0, 0.1) is 27.7 Å². The number of amides is 3. The van der Waals surface area contributed by atoms with Crippen LogP contribution in [0.4, 0.5) is 10.5 Å². The Morgan fingerprint density at radius 1 is 1.12 bits per heavy atom. The quantitative estimate of drug-likeness (QED) is 0.823. The van der Waals surface area contributed by atoms with E-state index in [0.29, 0.717) is 17.1 Å². The molecule has 2 aromatic rings. The molecule has 0 fully saturated rings. The van der Waals surface area contributed by atoms with Gasteiger partial charge in [0.15, 0.2) is 6.61 Å². The smallest absolute Gasteiger partial charge is 0.344 e. The van der Waals surface area contributed by atoms with E-state index in [4.69, 9.17) is 9.26 Å². The molecule has 8 heteroatoms. The molecule has 2 rings (SSSR count). The summed E-state index contributed by atoms with van der Waals surface area (Å²) in [6, 6.07) is 4.67. The van der Waals surface area contributed by atoms with Crippen molar-refractivity contribution in [1.82, 2.24) is 10.5 Å². The minimum absolute atomic E-state index is 0.174. The molecule has 3 amide bonds. The summed E-state index contributed by atoms with van der Waals surface area (Å²) in [5.41, 5.74) is 3.20. The number of anilines is 1. The van der Waals surface area contributed by atoms with Crippen molar-refractivity contribution in [3.63, 3.8) is 0 Å².